The molecule has 19 heavy (non-hydrogen) atoms. The highest BCUT2D eigenvalue weighted by Gasteiger charge is 2.13. The minimum atomic E-state index is 0.358. The van der Waals surface area contributed by atoms with E-state index in [1.807, 2.05) is 12.1 Å². The van der Waals surface area contributed by atoms with Gasteiger partial charge in [-0.2, -0.15) is 0 Å². The highest BCUT2D eigenvalue weighted by atomic mass is 16.3. The number of phenols is 1. The first-order valence-electron chi connectivity index (χ1n) is 6.57. The van der Waals surface area contributed by atoms with Crippen molar-refractivity contribution in [1.82, 2.24) is 14.7 Å². The van der Waals surface area contributed by atoms with Crippen LogP contribution in [0.3, 0.4) is 0 Å². The van der Waals surface area contributed by atoms with Gasteiger partial charge in [-0.3, -0.25) is 0 Å². The number of phenolic OH excluding ortho intramolecular Hbond substituents is 1. The third-order valence-electron chi connectivity index (χ3n) is 2.87. The summed E-state index contributed by atoms with van der Waals surface area (Å²) in [6, 6.07) is 3.77. The zero-order valence-corrected chi connectivity index (χ0v) is 13.1. The van der Waals surface area contributed by atoms with Crippen LogP contribution >= 0.6 is 0 Å². The van der Waals surface area contributed by atoms with Gasteiger partial charge in [0, 0.05) is 19.6 Å². The molecule has 0 aromatic heterocycles. The summed E-state index contributed by atoms with van der Waals surface area (Å²) in [6.07, 6.45) is 0. The number of rotatable bonds is 6. The van der Waals surface area contributed by atoms with E-state index in [2.05, 4.69) is 57.0 Å². The fraction of sp³-hybridized carbons (Fsp3) is 0.600. The van der Waals surface area contributed by atoms with Crippen molar-refractivity contribution in [2.24, 2.45) is 0 Å². The van der Waals surface area contributed by atoms with Gasteiger partial charge in [0.05, 0.1) is 0 Å². The summed E-state index contributed by atoms with van der Waals surface area (Å²) in [4.78, 5) is 6.44. The van der Waals surface area contributed by atoms with E-state index in [9.17, 15) is 5.11 Å². The van der Waals surface area contributed by atoms with Crippen molar-refractivity contribution in [2.45, 2.75) is 19.6 Å². The lowest BCUT2D eigenvalue weighted by atomic mass is 9.99. The topological polar surface area (TPSA) is 30.0 Å². The van der Waals surface area contributed by atoms with E-state index in [4.69, 9.17) is 0 Å². The van der Waals surface area contributed by atoms with E-state index in [1.54, 1.807) is 0 Å². The maximum absolute atomic E-state index is 9.93. The Morgan fingerprint density at radius 3 is 1.42 bits per heavy atom. The first kappa shape index (κ1) is 16.0. The zero-order valence-electron chi connectivity index (χ0n) is 13.1. The molecule has 4 heteroatoms. The molecule has 0 heterocycles. The van der Waals surface area contributed by atoms with Gasteiger partial charge in [0.2, 0.25) is 0 Å². The molecule has 0 atom stereocenters. The summed E-state index contributed by atoms with van der Waals surface area (Å²) in [5.74, 6) is 0.358. The molecule has 108 valence electrons. The minimum Gasteiger partial charge on any atom is -0.508 e. The van der Waals surface area contributed by atoms with Gasteiger partial charge in [0.25, 0.3) is 0 Å². The molecular formula is C15H27N3O. The van der Waals surface area contributed by atoms with Crippen molar-refractivity contribution in [3.63, 3.8) is 0 Å². The summed E-state index contributed by atoms with van der Waals surface area (Å²) >= 11 is 0. The third-order valence-corrected chi connectivity index (χ3v) is 2.87. The van der Waals surface area contributed by atoms with Crippen LogP contribution in [0.2, 0.25) is 0 Å². The molecule has 1 rings (SSSR count). The highest BCUT2D eigenvalue weighted by Crippen LogP contribution is 2.25. The van der Waals surface area contributed by atoms with Crippen molar-refractivity contribution in [3.8, 4) is 5.75 Å². The molecule has 0 bridgehead atoms. The van der Waals surface area contributed by atoms with E-state index in [0.717, 1.165) is 19.6 Å². The van der Waals surface area contributed by atoms with E-state index in [1.165, 1.54) is 16.7 Å². The molecule has 1 aromatic carbocycles. The average Bonchev–Trinajstić information content (AvgIpc) is 2.20. The lowest BCUT2D eigenvalue weighted by Crippen LogP contribution is -2.20. The van der Waals surface area contributed by atoms with E-state index in [0.29, 0.717) is 5.75 Å². The van der Waals surface area contributed by atoms with E-state index in [-0.39, 0.29) is 0 Å². The van der Waals surface area contributed by atoms with Crippen LogP contribution in [-0.2, 0) is 19.6 Å². The van der Waals surface area contributed by atoms with Gasteiger partial charge in [0.1, 0.15) is 5.75 Å². The summed E-state index contributed by atoms with van der Waals surface area (Å²) in [5, 5.41) is 9.93. The van der Waals surface area contributed by atoms with Gasteiger partial charge >= 0.3 is 0 Å². The predicted octanol–water partition coefficient (Wildman–Crippen LogP) is 1.58. The quantitative estimate of drug-likeness (QED) is 0.846. The van der Waals surface area contributed by atoms with Crippen molar-refractivity contribution < 1.29 is 5.11 Å². The second-order valence-corrected chi connectivity index (χ2v) is 5.96. The lowest BCUT2D eigenvalue weighted by molar-refractivity contribution is 0.366. The number of aromatic hydroxyl groups is 1. The van der Waals surface area contributed by atoms with Crippen molar-refractivity contribution in [1.29, 1.82) is 0 Å². The Hall–Kier alpha value is -1.10. The largest absolute Gasteiger partial charge is 0.508 e. The van der Waals surface area contributed by atoms with Gasteiger partial charge in [-0.05, 0) is 71.1 Å². The van der Waals surface area contributed by atoms with Crippen LogP contribution in [0.15, 0.2) is 12.1 Å². The summed E-state index contributed by atoms with van der Waals surface area (Å²) < 4.78 is 0. The van der Waals surface area contributed by atoms with Gasteiger partial charge in [0.15, 0.2) is 0 Å². The second kappa shape index (κ2) is 6.89. The van der Waals surface area contributed by atoms with Gasteiger partial charge in [-0.1, -0.05) is 0 Å². The normalized spacial score (nSPS) is 11.8. The number of hydrogen-bond donors (Lipinski definition) is 1. The first-order valence-corrected chi connectivity index (χ1v) is 6.57. The molecule has 0 aliphatic carbocycles. The maximum Gasteiger partial charge on any atom is 0.116 e. The molecule has 0 aliphatic rings. The second-order valence-electron chi connectivity index (χ2n) is 5.96. The molecule has 1 N–H and O–H groups in total. The Morgan fingerprint density at radius 1 is 0.737 bits per heavy atom. The van der Waals surface area contributed by atoms with Crippen LogP contribution in [0.1, 0.15) is 16.7 Å². The average molecular weight is 265 g/mol. The lowest BCUT2D eigenvalue weighted by Gasteiger charge is -2.22. The number of nitrogens with zero attached hydrogens (tertiary/aromatic N) is 3. The van der Waals surface area contributed by atoms with Crippen LogP contribution in [0.25, 0.3) is 0 Å². The molecule has 1 aromatic rings. The SMILES string of the molecule is CN(C)Cc1cc(O)cc(CN(C)C)c1CN(C)C. The smallest absolute Gasteiger partial charge is 0.116 e. The summed E-state index contributed by atoms with van der Waals surface area (Å²) in [6.45, 7) is 2.59. The third kappa shape index (κ3) is 5.19. The van der Waals surface area contributed by atoms with Gasteiger partial charge in [-0.15, -0.1) is 0 Å². The monoisotopic (exact) mass is 265 g/mol. The molecule has 4 nitrogen and oxygen atoms in total. The Bertz CT molecular complexity index is 383. The predicted molar refractivity (Wildman–Crippen MR) is 80.3 cm³/mol. The Balaban J connectivity index is 3.21. The summed E-state index contributed by atoms with van der Waals surface area (Å²) in [5.41, 5.74) is 3.73. The standard InChI is InChI=1S/C15H27N3O/c1-16(2)9-12-7-14(19)8-13(10-17(3)4)15(12)11-18(5)6/h7-8,19H,9-11H2,1-6H3. The van der Waals surface area contributed by atoms with Crippen molar-refractivity contribution >= 4 is 0 Å². The molecular weight excluding hydrogens is 238 g/mol. The highest BCUT2D eigenvalue weighted by molar-refractivity contribution is 5.42. The fourth-order valence-electron chi connectivity index (χ4n) is 2.26. The minimum absolute atomic E-state index is 0.358. The van der Waals surface area contributed by atoms with Crippen LogP contribution < -0.4 is 0 Å². The van der Waals surface area contributed by atoms with Crippen LogP contribution in [0.5, 0.6) is 5.75 Å². The molecule has 0 unspecified atom stereocenters. The zero-order chi connectivity index (χ0) is 14.6. The molecule has 0 saturated heterocycles. The van der Waals surface area contributed by atoms with Crippen molar-refractivity contribution in [3.05, 3.63) is 28.8 Å². The van der Waals surface area contributed by atoms with Crippen molar-refractivity contribution in [2.75, 3.05) is 42.3 Å². The molecule has 0 fully saturated rings. The van der Waals surface area contributed by atoms with Crippen LogP contribution in [0.4, 0.5) is 0 Å². The molecule has 0 saturated carbocycles. The maximum atomic E-state index is 9.93. The van der Waals surface area contributed by atoms with Gasteiger partial charge in [-0.25, -0.2) is 0 Å². The van der Waals surface area contributed by atoms with E-state index >= 15 is 0 Å². The molecule has 0 amide bonds. The van der Waals surface area contributed by atoms with Gasteiger partial charge < -0.3 is 19.8 Å². The van der Waals surface area contributed by atoms with E-state index < -0.39 is 0 Å². The first-order chi connectivity index (χ1) is 8.79. The number of benzene rings is 1. The Morgan fingerprint density at radius 2 is 1.11 bits per heavy atom. The fourth-order valence-corrected chi connectivity index (χ4v) is 2.26. The molecule has 0 spiro atoms. The molecule has 0 aliphatic heterocycles. The molecule has 0 radical (unpaired) electrons. The van der Waals surface area contributed by atoms with Crippen LogP contribution in [-0.4, -0.2) is 62.1 Å². The Labute approximate surface area is 117 Å². The van der Waals surface area contributed by atoms with Crippen LogP contribution in [0, 0.1) is 0 Å². The Kier molecular flexibility index (Phi) is 5.79. The number of hydrogen-bond acceptors (Lipinski definition) is 4. The summed E-state index contributed by atoms with van der Waals surface area (Å²) in [7, 11) is 12.4.